The predicted octanol–water partition coefficient (Wildman–Crippen LogP) is 7.81. The monoisotopic (exact) mass is 646 g/mol. The van der Waals surface area contributed by atoms with Gasteiger partial charge in [0.1, 0.15) is 18.2 Å². The van der Waals surface area contributed by atoms with Crippen molar-refractivity contribution >= 4 is 65.5 Å². The molecule has 34 heavy (non-hydrogen) atoms. The number of rotatable bonds is 8. The van der Waals surface area contributed by atoms with E-state index in [1.165, 1.54) is 6.08 Å². The molecular formula is C26H21Br3N2O3. The van der Waals surface area contributed by atoms with Gasteiger partial charge in [-0.2, -0.15) is 5.26 Å². The Kier molecular flexibility index (Phi) is 9.34. The van der Waals surface area contributed by atoms with Crippen LogP contribution < -0.4 is 14.8 Å². The fraction of sp³-hybridized carbons (Fsp3) is 0.154. The molecule has 0 fully saturated rings. The van der Waals surface area contributed by atoms with Crippen LogP contribution in [0.3, 0.4) is 0 Å². The molecule has 0 atom stereocenters. The molecule has 174 valence electrons. The summed E-state index contributed by atoms with van der Waals surface area (Å²) in [6, 6.07) is 18.9. The number of carbonyl (C=O) groups is 1. The average molecular weight is 649 g/mol. The van der Waals surface area contributed by atoms with E-state index >= 15 is 0 Å². The zero-order valence-electron chi connectivity index (χ0n) is 18.5. The third-order valence-electron chi connectivity index (χ3n) is 4.68. The molecule has 0 aliphatic carbocycles. The Labute approximate surface area is 224 Å². The molecule has 0 saturated carbocycles. The van der Waals surface area contributed by atoms with Gasteiger partial charge < -0.3 is 14.8 Å². The molecule has 0 saturated heterocycles. The number of ether oxygens (including phenoxy) is 2. The van der Waals surface area contributed by atoms with E-state index < -0.39 is 5.91 Å². The molecule has 0 aromatic heterocycles. The summed E-state index contributed by atoms with van der Waals surface area (Å²) >= 11 is 10.3. The van der Waals surface area contributed by atoms with Crippen molar-refractivity contribution in [1.82, 2.24) is 0 Å². The molecular weight excluding hydrogens is 628 g/mol. The summed E-state index contributed by atoms with van der Waals surface area (Å²) in [5.41, 5.74) is 3.21. The normalized spacial score (nSPS) is 11.0. The van der Waals surface area contributed by atoms with E-state index in [1.807, 2.05) is 56.3 Å². The van der Waals surface area contributed by atoms with Gasteiger partial charge in [0.05, 0.1) is 12.3 Å². The van der Waals surface area contributed by atoms with Crippen molar-refractivity contribution in [2.24, 2.45) is 0 Å². The first kappa shape index (κ1) is 26.0. The maximum Gasteiger partial charge on any atom is 0.266 e. The summed E-state index contributed by atoms with van der Waals surface area (Å²) in [4.78, 5) is 12.8. The van der Waals surface area contributed by atoms with E-state index in [1.54, 1.807) is 18.2 Å². The first-order valence-corrected chi connectivity index (χ1v) is 12.7. The molecule has 0 aliphatic heterocycles. The predicted molar refractivity (Wildman–Crippen MR) is 145 cm³/mol. The lowest BCUT2D eigenvalue weighted by Gasteiger charge is -2.13. The number of aryl methyl sites for hydroxylation is 1. The van der Waals surface area contributed by atoms with Gasteiger partial charge in [-0.25, -0.2) is 0 Å². The fourth-order valence-electron chi connectivity index (χ4n) is 3.06. The SMILES string of the molecule is CCOc1cc(/C=C(\C#N)C(=O)Nc2c(Br)cc(C)cc2Br)ccc1OCc1ccc(Br)cc1. The average Bonchev–Trinajstić information content (AvgIpc) is 2.80. The standard InChI is InChI=1S/C26H21Br3N2O3/c1-3-33-24-13-18(6-9-23(24)34-15-17-4-7-20(27)8-5-17)12-19(14-30)26(32)31-25-21(28)10-16(2)11-22(25)29/h4-13H,3,15H2,1-2H3,(H,31,32)/b19-12+. The minimum atomic E-state index is -0.513. The van der Waals surface area contributed by atoms with Gasteiger partial charge in [-0.05, 0) is 105 Å². The van der Waals surface area contributed by atoms with Crippen LogP contribution in [0.5, 0.6) is 11.5 Å². The van der Waals surface area contributed by atoms with E-state index in [4.69, 9.17) is 9.47 Å². The lowest BCUT2D eigenvalue weighted by Crippen LogP contribution is -2.14. The van der Waals surface area contributed by atoms with Crippen molar-refractivity contribution in [3.63, 3.8) is 0 Å². The molecule has 3 aromatic rings. The smallest absolute Gasteiger partial charge is 0.266 e. The van der Waals surface area contributed by atoms with Crippen molar-refractivity contribution in [3.8, 4) is 17.6 Å². The molecule has 5 nitrogen and oxygen atoms in total. The van der Waals surface area contributed by atoms with Crippen LogP contribution in [0.1, 0.15) is 23.6 Å². The second-order valence-electron chi connectivity index (χ2n) is 7.28. The Morgan fingerprint density at radius 2 is 1.68 bits per heavy atom. The second kappa shape index (κ2) is 12.2. The van der Waals surface area contributed by atoms with Crippen molar-refractivity contribution < 1.29 is 14.3 Å². The first-order chi connectivity index (χ1) is 16.3. The number of halogens is 3. The van der Waals surface area contributed by atoms with Gasteiger partial charge in [0.2, 0.25) is 0 Å². The Hall–Kier alpha value is -2.60. The van der Waals surface area contributed by atoms with Crippen LogP contribution in [0.4, 0.5) is 5.69 Å². The molecule has 3 aromatic carbocycles. The topological polar surface area (TPSA) is 71.3 Å². The highest BCUT2D eigenvalue weighted by Crippen LogP contribution is 2.33. The van der Waals surface area contributed by atoms with Crippen LogP contribution in [0.15, 0.2) is 73.6 Å². The third-order valence-corrected chi connectivity index (χ3v) is 6.46. The summed E-state index contributed by atoms with van der Waals surface area (Å²) in [7, 11) is 0. The first-order valence-electron chi connectivity index (χ1n) is 10.3. The number of hydrogen-bond acceptors (Lipinski definition) is 4. The summed E-state index contributed by atoms with van der Waals surface area (Å²) < 4.78 is 14.1. The number of benzene rings is 3. The number of anilines is 1. The van der Waals surface area contributed by atoms with Crippen LogP contribution in [0.2, 0.25) is 0 Å². The van der Waals surface area contributed by atoms with Crippen molar-refractivity contribution in [2.75, 3.05) is 11.9 Å². The van der Waals surface area contributed by atoms with Crippen molar-refractivity contribution in [2.45, 2.75) is 20.5 Å². The lowest BCUT2D eigenvalue weighted by atomic mass is 10.1. The maximum atomic E-state index is 12.8. The molecule has 8 heteroatoms. The van der Waals surface area contributed by atoms with Gasteiger partial charge >= 0.3 is 0 Å². The Balaban J connectivity index is 1.81. The summed E-state index contributed by atoms with van der Waals surface area (Å²) in [6.45, 7) is 4.66. The Bertz CT molecular complexity index is 1240. The molecule has 1 N–H and O–H groups in total. The van der Waals surface area contributed by atoms with Crippen molar-refractivity contribution in [3.05, 3.63) is 90.3 Å². The summed E-state index contributed by atoms with van der Waals surface area (Å²) in [5.74, 6) is 0.605. The molecule has 0 bridgehead atoms. The van der Waals surface area contributed by atoms with Crippen LogP contribution in [-0.4, -0.2) is 12.5 Å². The van der Waals surface area contributed by atoms with Gasteiger partial charge in [-0.3, -0.25) is 4.79 Å². The molecule has 3 rings (SSSR count). The lowest BCUT2D eigenvalue weighted by molar-refractivity contribution is -0.112. The number of nitrogens with zero attached hydrogens (tertiary/aromatic N) is 1. The Morgan fingerprint density at radius 1 is 1.00 bits per heavy atom. The number of nitrogens with one attached hydrogen (secondary N) is 1. The van der Waals surface area contributed by atoms with Crippen molar-refractivity contribution in [1.29, 1.82) is 5.26 Å². The zero-order chi connectivity index (χ0) is 24.7. The van der Waals surface area contributed by atoms with E-state index in [0.717, 1.165) is 24.5 Å². The van der Waals surface area contributed by atoms with Crippen LogP contribution in [0.25, 0.3) is 6.08 Å². The number of nitriles is 1. The van der Waals surface area contributed by atoms with E-state index in [9.17, 15) is 10.1 Å². The van der Waals surface area contributed by atoms with Gasteiger partial charge in [0.15, 0.2) is 11.5 Å². The number of hydrogen-bond donors (Lipinski definition) is 1. The van der Waals surface area contributed by atoms with Gasteiger partial charge in [0.25, 0.3) is 5.91 Å². The molecule has 0 aliphatic rings. The minimum Gasteiger partial charge on any atom is -0.490 e. The van der Waals surface area contributed by atoms with E-state index in [2.05, 4.69) is 53.1 Å². The van der Waals surface area contributed by atoms with Gasteiger partial charge in [-0.1, -0.05) is 34.1 Å². The molecule has 0 heterocycles. The highest BCUT2D eigenvalue weighted by Gasteiger charge is 2.15. The van der Waals surface area contributed by atoms with Gasteiger partial charge in [0, 0.05) is 13.4 Å². The van der Waals surface area contributed by atoms with Crippen LogP contribution in [0, 0.1) is 18.3 Å². The maximum absolute atomic E-state index is 12.8. The minimum absolute atomic E-state index is 0.0367. The highest BCUT2D eigenvalue weighted by molar-refractivity contribution is 9.11. The molecule has 0 unspecified atom stereocenters. The summed E-state index contributed by atoms with van der Waals surface area (Å²) in [5, 5.41) is 12.4. The summed E-state index contributed by atoms with van der Waals surface area (Å²) in [6.07, 6.45) is 1.52. The molecule has 1 amide bonds. The fourth-order valence-corrected chi connectivity index (χ4v) is 4.94. The Morgan fingerprint density at radius 3 is 2.29 bits per heavy atom. The zero-order valence-corrected chi connectivity index (χ0v) is 23.3. The van der Waals surface area contributed by atoms with E-state index in [0.29, 0.717) is 36.0 Å². The molecule has 0 radical (unpaired) electrons. The van der Waals surface area contributed by atoms with Gasteiger partial charge in [-0.15, -0.1) is 0 Å². The number of amides is 1. The van der Waals surface area contributed by atoms with E-state index in [-0.39, 0.29) is 5.57 Å². The highest BCUT2D eigenvalue weighted by atomic mass is 79.9. The number of carbonyl (C=O) groups excluding carboxylic acids is 1. The van der Waals surface area contributed by atoms with Crippen LogP contribution in [-0.2, 0) is 11.4 Å². The quantitative estimate of drug-likeness (QED) is 0.200. The largest absolute Gasteiger partial charge is 0.490 e. The third kappa shape index (κ3) is 6.95. The second-order valence-corrected chi connectivity index (χ2v) is 9.91. The molecule has 0 spiro atoms. The van der Waals surface area contributed by atoms with Crippen LogP contribution >= 0.6 is 47.8 Å².